The Kier molecular flexibility index (Phi) is 5.52. The van der Waals surface area contributed by atoms with Gasteiger partial charge < -0.3 is 5.32 Å². The van der Waals surface area contributed by atoms with Crippen molar-refractivity contribution in [2.45, 2.75) is 23.8 Å². The molecule has 0 spiro atoms. The number of nitrogens with one attached hydrogen (secondary N) is 1. The van der Waals surface area contributed by atoms with Crippen LogP contribution < -0.4 is 5.32 Å². The molecule has 27 heavy (non-hydrogen) atoms. The van der Waals surface area contributed by atoms with E-state index in [2.05, 4.69) is 5.32 Å². The smallest absolute Gasteiger partial charge is 0.289 e. The number of hydrogen-bond acceptors (Lipinski definition) is 5. The highest BCUT2D eigenvalue weighted by molar-refractivity contribution is 7.89. The molecule has 1 saturated heterocycles. The number of piperidine rings is 1. The molecule has 142 valence electrons. The lowest BCUT2D eigenvalue weighted by Gasteiger charge is -2.31. The summed E-state index contributed by atoms with van der Waals surface area (Å²) in [6, 6.07) is 14.0. The highest BCUT2D eigenvalue weighted by Crippen LogP contribution is 2.28. The van der Waals surface area contributed by atoms with E-state index >= 15 is 0 Å². The molecule has 1 N–H and O–H groups in total. The van der Waals surface area contributed by atoms with Crippen LogP contribution in [0.3, 0.4) is 0 Å². The molecule has 0 aliphatic carbocycles. The van der Waals surface area contributed by atoms with Crippen LogP contribution >= 0.6 is 0 Å². The Morgan fingerprint density at radius 1 is 1.04 bits per heavy atom. The number of benzene rings is 2. The number of amides is 1. The molecule has 3 rings (SSSR count). The largest absolute Gasteiger partial charge is 0.349 e. The van der Waals surface area contributed by atoms with Crippen molar-refractivity contribution in [3.05, 3.63) is 70.3 Å². The second kappa shape index (κ2) is 7.85. The molecule has 1 amide bonds. The minimum Gasteiger partial charge on any atom is -0.349 e. The van der Waals surface area contributed by atoms with E-state index in [9.17, 15) is 23.3 Å². The van der Waals surface area contributed by atoms with E-state index in [1.54, 1.807) is 24.3 Å². The van der Waals surface area contributed by atoms with E-state index in [0.29, 0.717) is 18.4 Å². The minimum atomic E-state index is -3.96. The molecule has 9 heteroatoms. The summed E-state index contributed by atoms with van der Waals surface area (Å²) in [6.45, 7) is 0.377. The van der Waals surface area contributed by atoms with Crippen molar-refractivity contribution in [2.75, 3.05) is 13.1 Å². The second-order valence-electron chi connectivity index (χ2n) is 6.24. The topological polar surface area (TPSA) is 110 Å². The lowest BCUT2D eigenvalue weighted by molar-refractivity contribution is -0.387. The maximum atomic E-state index is 12.8. The molecule has 8 nitrogen and oxygen atoms in total. The van der Waals surface area contributed by atoms with Crippen molar-refractivity contribution in [2.24, 2.45) is 0 Å². The highest BCUT2D eigenvalue weighted by Gasteiger charge is 2.34. The Morgan fingerprint density at radius 3 is 2.26 bits per heavy atom. The van der Waals surface area contributed by atoms with Gasteiger partial charge in [-0.1, -0.05) is 30.3 Å². The number of carbonyl (C=O) groups is 1. The molecular weight excluding hydrogens is 370 g/mol. The third kappa shape index (κ3) is 4.15. The zero-order valence-electron chi connectivity index (χ0n) is 14.4. The summed E-state index contributed by atoms with van der Waals surface area (Å²) in [4.78, 5) is 22.4. The molecule has 1 heterocycles. The van der Waals surface area contributed by atoms with Crippen molar-refractivity contribution in [3.8, 4) is 0 Å². The predicted molar refractivity (Wildman–Crippen MR) is 98.8 cm³/mol. The number of rotatable bonds is 5. The fraction of sp³-hybridized carbons (Fsp3) is 0.278. The third-order valence-corrected chi connectivity index (χ3v) is 6.45. The summed E-state index contributed by atoms with van der Waals surface area (Å²) in [6.07, 6.45) is 0.886. The van der Waals surface area contributed by atoms with E-state index < -0.39 is 20.6 Å². The maximum Gasteiger partial charge on any atom is 0.289 e. The number of sulfonamides is 1. The van der Waals surface area contributed by atoms with E-state index in [0.717, 1.165) is 0 Å². The minimum absolute atomic E-state index is 0.144. The second-order valence-corrected chi connectivity index (χ2v) is 8.15. The Balaban J connectivity index is 1.67. The van der Waals surface area contributed by atoms with Crippen molar-refractivity contribution >= 4 is 21.6 Å². The average molecular weight is 389 g/mol. The average Bonchev–Trinajstić information content (AvgIpc) is 2.69. The van der Waals surface area contributed by atoms with Gasteiger partial charge in [0.25, 0.3) is 11.6 Å². The Morgan fingerprint density at radius 2 is 1.63 bits per heavy atom. The summed E-state index contributed by atoms with van der Waals surface area (Å²) in [5, 5.41) is 14.0. The molecule has 2 aromatic rings. The van der Waals surface area contributed by atoms with Gasteiger partial charge in [0.2, 0.25) is 10.0 Å². The highest BCUT2D eigenvalue weighted by atomic mass is 32.2. The first-order valence-electron chi connectivity index (χ1n) is 8.49. The van der Waals surface area contributed by atoms with Crippen molar-refractivity contribution in [3.63, 3.8) is 0 Å². The van der Waals surface area contributed by atoms with Crippen LogP contribution in [0.5, 0.6) is 0 Å². The van der Waals surface area contributed by atoms with Gasteiger partial charge in [-0.15, -0.1) is 0 Å². The number of nitrogens with zero attached hydrogens (tertiary/aromatic N) is 2. The zero-order valence-corrected chi connectivity index (χ0v) is 15.3. The number of hydrogen-bond donors (Lipinski definition) is 1. The Hall–Kier alpha value is -2.78. The Labute approximate surface area is 157 Å². The number of para-hydroxylation sites is 1. The molecule has 2 aromatic carbocycles. The summed E-state index contributed by atoms with van der Waals surface area (Å²) in [7, 11) is -3.96. The first-order chi connectivity index (χ1) is 12.9. The molecule has 0 atom stereocenters. The lowest BCUT2D eigenvalue weighted by atomic mass is 10.1. The van der Waals surface area contributed by atoms with E-state index in [4.69, 9.17) is 0 Å². The molecule has 0 radical (unpaired) electrons. The van der Waals surface area contributed by atoms with E-state index in [1.165, 1.54) is 28.6 Å². The lowest BCUT2D eigenvalue weighted by Crippen LogP contribution is -2.46. The van der Waals surface area contributed by atoms with Gasteiger partial charge in [0.1, 0.15) is 0 Å². The monoisotopic (exact) mass is 389 g/mol. The fourth-order valence-electron chi connectivity index (χ4n) is 3.06. The van der Waals surface area contributed by atoms with E-state index in [1.807, 2.05) is 6.07 Å². The SMILES string of the molecule is O=C(NC1CCN(S(=O)(=O)c2ccccc2[N+](=O)[O-])CC1)c1ccccc1. The van der Waals surface area contributed by atoms with Gasteiger partial charge in [-0.3, -0.25) is 14.9 Å². The van der Waals surface area contributed by atoms with Crippen molar-refractivity contribution in [1.29, 1.82) is 0 Å². The first kappa shape index (κ1) is 19.0. The molecule has 0 bridgehead atoms. The van der Waals surface area contributed by atoms with Gasteiger partial charge in [-0.25, -0.2) is 8.42 Å². The van der Waals surface area contributed by atoms with Crippen LogP contribution in [0.25, 0.3) is 0 Å². The van der Waals surface area contributed by atoms with Gasteiger partial charge in [0, 0.05) is 30.8 Å². The van der Waals surface area contributed by atoms with Crippen LogP contribution in [-0.2, 0) is 10.0 Å². The summed E-state index contributed by atoms with van der Waals surface area (Å²) >= 11 is 0. The standard InChI is InChI=1S/C18H19N3O5S/c22-18(14-6-2-1-3-7-14)19-15-10-12-20(13-11-15)27(25,26)17-9-5-4-8-16(17)21(23)24/h1-9,15H,10-13H2,(H,19,22). The Bertz CT molecular complexity index is 938. The van der Waals surface area contributed by atoms with Crippen molar-refractivity contribution in [1.82, 2.24) is 9.62 Å². The quantitative estimate of drug-likeness (QED) is 0.623. The normalized spacial score (nSPS) is 16.0. The molecule has 0 saturated carbocycles. The number of carbonyl (C=O) groups excluding carboxylic acids is 1. The third-order valence-electron chi connectivity index (χ3n) is 4.50. The van der Waals surface area contributed by atoms with Crippen molar-refractivity contribution < 1.29 is 18.1 Å². The van der Waals surface area contributed by atoms with Gasteiger partial charge in [0.05, 0.1) is 4.92 Å². The molecule has 0 aromatic heterocycles. The molecule has 1 fully saturated rings. The number of nitro groups is 1. The van der Waals surface area contributed by atoms with Crippen LogP contribution in [0.15, 0.2) is 59.5 Å². The van der Waals surface area contributed by atoms with Crippen LogP contribution in [0.4, 0.5) is 5.69 Å². The summed E-state index contributed by atoms with van der Waals surface area (Å²) in [5.74, 6) is -0.199. The summed E-state index contributed by atoms with van der Waals surface area (Å²) < 4.78 is 26.8. The van der Waals surface area contributed by atoms with Gasteiger partial charge >= 0.3 is 0 Å². The van der Waals surface area contributed by atoms with Crippen LogP contribution in [0, 0.1) is 10.1 Å². The van der Waals surface area contributed by atoms with Gasteiger partial charge in [-0.2, -0.15) is 4.31 Å². The van der Waals surface area contributed by atoms with Crippen LogP contribution in [0.2, 0.25) is 0 Å². The predicted octanol–water partition coefficient (Wildman–Crippen LogP) is 2.18. The maximum absolute atomic E-state index is 12.8. The van der Waals surface area contributed by atoms with Crippen LogP contribution in [-0.4, -0.2) is 42.7 Å². The molecular formula is C18H19N3O5S. The molecule has 0 unspecified atom stereocenters. The van der Waals surface area contributed by atoms with E-state index in [-0.39, 0.29) is 29.9 Å². The molecule has 1 aliphatic rings. The molecule has 1 aliphatic heterocycles. The first-order valence-corrected chi connectivity index (χ1v) is 9.93. The number of nitro benzene ring substituents is 1. The van der Waals surface area contributed by atoms with Gasteiger partial charge in [0.15, 0.2) is 4.90 Å². The van der Waals surface area contributed by atoms with Crippen LogP contribution in [0.1, 0.15) is 23.2 Å². The fourth-order valence-corrected chi connectivity index (χ4v) is 4.69. The zero-order chi connectivity index (χ0) is 19.4. The van der Waals surface area contributed by atoms with Gasteiger partial charge in [-0.05, 0) is 31.0 Å². The summed E-state index contributed by atoms with van der Waals surface area (Å²) in [5.41, 5.74) is 0.115.